The van der Waals surface area contributed by atoms with Gasteiger partial charge in [0.15, 0.2) is 5.78 Å². The first-order valence-electron chi connectivity index (χ1n) is 9.60. The molecule has 1 saturated heterocycles. The van der Waals surface area contributed by atoms with E-state index in [0.29, 0.717) is 5.78 Å². The zero-order chi connectivity index (χ0) is 17.4. The van der Waals surface area contributed by atoms with Crippen LogP contribution in [0.4, 0.5) is 0 Å². The zero-order valence-electron chi connectivity index (χ0n) is 15.1. The van der Waals surface area contributed by atoms with Gasteiger partial charge in [-0.05, 0) is 55.8 Å². The molecule has 1 aromatic rings. The molecule has 0 radical (unpaired) electrons. The maximum atomic E-state index is 13.0. The van der Waals surface area contributed by atoms with E-state index >= 15 is 0 Å². The Morgan fingerprint density at radius 2 is 1.96 bits per heavy atom. The van der Waals surface area contributed by atoms with E-state index in [2.05, 4.69) is 17.0 Å². The van der Waals surface area contributed by atoms with Crippen LogP contribution in [0.5, 0.6) is 0 Å². The van der Waals surface area contributed by atoms with E-state index < -0.39 is 11.0 Å². The highest BCUT2D eigenvalue weighted by Gasteiger charge is 2.32. The van der Waals surface area contributed by atoms with Gasteiger partial charge < -0.3 is 0 Å². The lowest BCUT2D eigenvalue weighted by Gasteiger charge is -2.42. The van der Waals surface area contributed by atoms with Crippen molar-refractivity contribution in [2.24, 2.45) is 5.92 Å². The van der Waals surface area contributed by atoms with Gasteiger partial charge >= 0.3 is 0 Å². The Morgan fingerprint density at radius 1 is 1.12 bits per heavy atom. The van der Waals surface area contributed by atoms with Crippen molar-refractivity contribution >= 4 is 16.8 Å². The van der Waals surface area contributed by atoms with Crippen molar-refractivity contribution in [3.63, 3.8) is 0 Å². The first kappa shape index (κ1) is 17.4. The molecule has 1 aliphatic carbocycles. The van der Waals surface area contributed by atoms with Crippen molar-refractivity contribution in [1.29, 1.82) is 0 Å². The minimum atomic E-state index is -0.920. The summed E-state index contributed by atoms with van der Waals surface area (Å²) in [4.78, 5) is 15.6. The van der Waals surface area contributed by atoms with Crippen molar-refractivity contribution in [2.75, 3.05) is 25.9 Å². The van der Waals surface area contributed by atoms with E-state index in [4.69, 9.17) is 0 Å². The van der Waals surface area contributed by atoms with Gasteiger partial charge in [0.05, 0.1) is 11.0 Å². The number of likely N-dealkylation sites (tertiary alicyclic amines) is 1. The van der Waals surface area contributed by atoms with Crippen LogP contribution in [0.25, 0.3) is 0 Å². The van der Waals surface area contributed by atoms with Gasteiger partial charge in [-0.25, -0.2) is 8.51 Å². The fourth-order valence-electron chi connectivity index (χ4n) is 4.44. The molecule has 4 rings (SSSR count). The molecule has 0 bridgehead atoms. The Hall–Kier alpha value is -1.04. The average molecular weight is 361 g/mol. The Morgan fingerprint density at radius 3 is 2.68 bits per heavy atom. The van der Waals surface area contributed by atoms with Crippen LogP contribution in [-0.2, 0) is 24.0 Å². The fourth-order valence-corrected chi connectivity index (χ4v) is 5.11. The monoisotopic (exact) mass is 360 g/mol. The molecule has 2 fully saturated rings. The molecule has 2 unspecified atom stereocenters. The SMILES string of the molecule is CS(=O)N1CCc2cc(C(=O)C3CCCN(C4CCC4)C3)ccc2C1. The van der Waals surface area contributed by atoms with Gasteiger partial charge in [0.2, 0.25) is 0 Å². The molecule has 5 heteroatoms. The number of hydrogen-bond donors (Lipinski definition) is 0. The number of hydrogen-bond acceptors (Lipinski definition) is 3. The van der Waals surface area contributed by atoms with Crippen molar-refractivity contribution in [2.45, 2.75) is 51.1 Å². The summed E-state index contributed by atoms with van der Waals surface area (Å²) in [5.74, 6) is 0.490. The maximum absolute atomic E-state index is 13.0. The third-order valence-corrected chi connectivity index (χ3v) is 7.29. The number of ketones is 1. The van der Waals surface area contributed by atoms with Crippen LogP contribution in [0.15, 0.2) is 18.2 Å². The van der Waals surface area contributed by atoms with Gasteiger partial charge in [-0.2, -0.15) is 0 Å². The lowest BCUT2D eigenvalue weighted by atomic mass is 9.84. The number of fused-ring (bicyclic) bond motifs is 1. The highest BCUT2D eigenvalue weighted by Crippen LogP contribution is 2.31. The standard InChI is InChI=1S/C20H28N2O2S/c1-25(24)22-11-9-15-12-16(7-8-17(15)14-22)20(23)18-4-3-10-21(13-18)19-5-2-6-19/h7-8,12,18-19H,2-6,9-11,13-14H2,1H3. The molecule has 136 valence electrons. The molecular weight excluding hydrogens is 332 g/mol. The van der Waals surface area contributed by atoms with Gasteiger partial charge in [-0.1, -0.05) is 18.6 Å². The smallest absolute Gasteiger partial charge is 0.167 e. The molecule has 2 aliphatic heterocycles. The Bertz CT molecular complexity index is 686. The maximum Gasteiger partial charge on any atom is 0.167 e. The van der Waals surface area contributed by atoms with Gasteiger partial charge in [0.25, 0.3) is 0 Å². The fraction of sp³-hybridized carbons (Fsp3) is 0.650. The lowest BCUT2D eigenvalue weighted by Crippen LogP contribution is -2.47. The van der Waals surface area contributed by atoms with E-state index in [-0.39, 0.29) is 5.92 Å². The molecule has 0 aromatic heterocycles. The van der Waals surface area contributed by atoms with Crippen molar-refractivity contribution in [3.8, 4) is 0 Å². The van der Waals surface area contributed by atoms with Crippen LogP contribution in [-0.4, -0.2) is 51.1 Å². The highest BCUT2D eigenvalue weighted by molar-refractivity contribution is 7.81. The summed E-state index contributed by atoms with van der Waals surface area (Å²) in [7, 11) is -0.920. The van der Waals surface area contributed by atoms with Crippen LogP contribution in [0, 0.1) is 5.92 Å². The molecule has 1 saturated carbocycles. The molecule has 0 spiro atoms. The molecule has 2 atom stereocenters. The topological polar surface area (TPSA) is 40.6 Å². The van der Waals surface area contributed by atoms with Crippen LogP contribution in [0.2, 0.25) is 0 Å². The van der Waals surface area contributed by atoms with E-state index in [1.54, 1.807) is 6.26 Å². The second-order valence-electron chi connectivity index (χ2n) is 7.80. The predicted molar refractivity (Wildman–Crippen MR) is 101 cm³/mol. The minimum Gasteiger partial charge on any atom is -0.300 e. The van der Waals surface area contributed by atoms with Crippen molar-refractivity contribution < 1.29 is 9.00 Å². The number of Topliss-reactive ketones (excluding diaryl/α,β-unsaturated/α-hetero) is 1. The van der Waals surface area contributed by atoms with E-state index in [9.17, 15) is 9.00 Å². The van der Waals surface area contributed by atoms with Crippen LogP contribution in [0.1, 0.15) is 53.6 Å². The second kappa shape index (κ2) is 7.29. The third kappa shape index (κ3) is 3.60. The molecule has 1 aromatic carbocycles. The van der Waals surface area contributed by atoms with Crippen molar-refractivity contribution in [1.82, 2.24) is 9.21 Å². The summed E-state index contributed by atoms with van der Waals surface area (Å²) in [5, 5.41) is 0. The summed E-state index contributed by atoms with van der Waals surface area (Å²) in [6.45, 7) is 3.66. The summed E-state index contributed by atoms with van der Waals surface area (Å²) >= 11 is 0. The molecule has 2 heterocycles. The zero-order valence-corrected chi connectivity index (χ0v) is 15.9. The molecule has 4 nitrogen and oxygen atoms in total. The van der Waals surface area contributed by atoms with Gasteiger partial charge in [-0.3, -0.25) is 9.69 Å². The summed E-state index contributed by atoms with van der Waals surface area (Å²) < 4.78 is 13.7. The van der Waals surface area contributed by atoms with E-state index in [1.807, 2.05) is 10.4 Å². The van der Waals surface area contributed by atoms with Crippen LogP contribution >= 0.6 is 0 Å². The summed E-state index contributed by atoms with van der Waals surface area (Å²) in [6.07, 6.45) is 8.78. The Kier molecular flexibility index (Phi) is 5.07. The molecule has 0 N–H and O–H groups in total. The summed E-state index contributed by atoms with van der Waals surface area (Å²) in [5.41, 5.74) is 3.36. The quantitative estimate of drug-likeness (QED) is 0.775. The van der Waals surface area contributed by atoms with Crippen molar-refractivity contribution in [3.05, 3.63) is 34.9 Å². The third-order valence-electron chi connectivity index (χ3n) is 6.25. The van der Waals surface area contributed by atoms with E-state index in [1.165, 1.54) is 36.9 Å². The van der Waals surface area contributed by atoms with Gasteiger partial charge in [0.1, 0.15) is 0 Å². The average Bonchev–Trinajstić information content (AvgIpc) is 2.59. The first-order valence-corrected chi connectivity index (χ1v) is 11.1. The molecule has 3 aliphatic rings. The summed E-state index contributed by atoms with van der Waals surface area (Å²) in [6, 6.07) is 6.91. The van der Waals surface area contributed by atoms with Gasteiger partial charge in [-0.15, -0.1) is 0 Å². The highest BCUT2D eigenvalue weighted by atomic mass is 32.2. The molecule has 25 heavy (non-hydrogen) atoms. The minimum absolute atomic E-state index is 0.163. The van der Waals surface area contributed by atoms with Gasteiger partial charge in [0, 0.05) is 43.4 Å². The normalized spacial score (nSPS) is 26.7. The van der Waals surface area contributed by atoms with Crippen LogP contribution < -0.4 is 0 Å². The number of carbonyl (C=O) groups is 1. The first-order chi connectivity index (χ1) is 12.1. The second-order valence-corrected chi connectivity index (χ2v) is 9.17. The predicted octanol–water partition coefficient (Wildman–Crippen LogP) is 2.79. The van der Waals surface area contributed by atoms with Crippen LogP contribution in [0.3, 0.4) is 0 Å². The number of carbonyl (C=O) groups excluding carboxylic acids is 1. The number of benzene rings is 1. The van der Waals surface area contributed by atoms with E-state index in [0.717, 1.165) is 50.5 Å². The number of nitrogens with zero attached hydrogens (tertiary/aromatic N) is 2. The molecule has 0 amide bonds. The lowest BCUT2D eigenvalue weighted by molar-refractivity contribution is 0.0612. The Balaban J connectivity index is 1.46. The molecular formula is C20H28N2O2S. The largest absolute Gasteiger partial charge is 0.300 e. The number of rotatable bonds is 4. The number of piperidine rings is 1. The Labute approximate surface area is 153 Å².